The molecule has 0 radical (unpaired) electrons. The first-order valence-corrected chi connectivity index (χ1v) is 26.0. The fraction of sp³-hybridized carbons (Fsp3) is 0.449. The van der Waals surface area contributed by atoms with Crippen LogP contribution in [0.15, 0.2) is 99.4 Å². The summed E-state index contributed by atoms with van der Waals surface area (Å²) in [5.41, 5.74) is 8.64. The Morgan fingerprint density at radius 2 is 1.30 bits per heavy atom. The number of aliphatic carboxylic acids is 2. The van der Waals surface area contributed by atoms with Crippen molar-refractivity contribution >= 4 is 72.9 Å². The number of carbonyl (C=O) groups excluding carboxylic acids is 4. The van der Waals surface area contributed by atoms with E-state index in [1.54, 1.807) is 12.1 Å². The van der Waals surface area contributed by atoms with Crippen LogP contribution in [-0.2, 0) is 59.8 Å². The number of primary amides is 1. The molecule has 2 aliphatic rings. The molecular weight excluding hydrogens is 961 g/mol. The van der Waals surface area contributed by atoms with Gasteiger partial charge in [0.1, 0.15) is 12.1 Å². The number of anilines is 1. The first kappa shape index (κ1) is 57.1. The van der Waals surface area contributed by atoms with Crippen LogP contribution in [0.1, 0.15) is 116 Å². The lowest BCUT2D eigenvalue weighted by Crippen LogP contribution is -2.53. The molecule has 0 unspecified atom stereocenters. The predicted molar refractivity (Wildman–Crippen MR) is 265 cm³/mol. The van der Waals surface area contributed by atoms with Crippen LogP contribution in [0.3, 0.4) is 0 Å². The lowest BCUT2D eigenvalue weighted by molar-refractivity contribution is -0.139. The summed E-state index contributed by atoms with van der Waals surface area (Å²) in [5.74, 6) is -4.78. The number of nitrogens with zero attached hydrogens (tertiary/aromatic N) is 2. The second kappa shape index (κ2) is 25.1. The number of fused-ring (bicyclic) bond motifs is 2. The maximum absolute atomic E-state index is 13.0. The molecule has 22 heteroatoms. The molecular formula is C49H64N6O14S2. The number of unbranched alkanes of at least 4 members (excludes halogenated alkanes) is 3. The summed E-state index contributed by atoms with van der Waals surface area (Å²) in [6, 6.07) is 6.40. The highest BCUT2D eigenvalue weighted by Gasteiger charge is 2.40. The van der Waals surface area contributed by atoms with Crippen molar-refractivity contribution in [3.05, 3.63) is 95.8 Å². The molecule has 386 valence electrons. The van der Waals surface area contributed by atoms with E-state index < -0.39 is 79.2 Å². The largest absolute Gasteiger partial charge is 0.481 e. The van der Waals surface area contributed by atoms with Crippen LogP contribution in [-0.4, -0.2) is 103 Å². The molecule has 9 N–H and O–H groups in total. The number of nitrogens with one attached hydrogen (secondary N) is 3. The molecule has 2 aromatic carbocycles. The Hall–Kier alpha value is -6.49. The number of amides is 4. The van der Waals surface area contributed by atoms with Crippen molar-refractivity contribution in [3.63, 3.8) is 0 Å². The van der Waals surface area contributed by atoms with Crippen molar-refractivity contribution in [3.8, 4) is 0 Å². The minimum atomic E-state index is -4.47. The fourth-order valence-corrected chi connectivity index (χ4v) is 9.27. The van der Waals surface area contributed by atoms with E-state index in [-0.39, 0.29) is 60.8 Å². The third-order valence-corrected chi connectivity index (χ3v) is 13.9. The Balaban J connectivity index is 1.28. The Kier molecular flexibility index (Phi) is 20.2. The summed E-state index contributed by atoms with van der Waals surface area (Å²) in [5, 5.41) is 25.6. The molecule has 2 aliphatic heterocycles. The monoisotopic (exact) mass is 1020 g/mol. The van der Waals surface area contributed by atoms with Crippen molar-refractivity contribution in [2.45, 2.75) is 137 Å². The third-order valence-electron chi connectivity index (χ3n) is 12.2. The molecule has 4 amide bonds. The van der Waals surface area contributed by atoms with E-state index in [4.69, 9.17) is 15.9 Å². The zero-order chi connectivity index (χ0) is 52.7. The van der Waals surface area contributed by atoms with Gasteiger partial charge in [0, 0.05) is 61.0 Å². The Morgan fingerprint density at radius 3 is 1.94 bits per heavy atom. The number of hydrogen-bond acceptors (Lipinski definition) is 12. The SMILES string of the molecule is CC1(C)C(/C=C/C=C/C=C/C=C2/N(CCCCCC(=O)NCCCC[C@@H](NC(=O)[C@@H](CCC(=O)O)NC(=O)CCCC(=O)O)C(N)=O)c3ccc(S(=O)(=O)O)cc3C2(C)C)=Nc2ccc(S(=O)(=O)O)cc21. The number of carboxylic acids is 2. The molecule has 2 aromatic rings. The quantitative estimate of drug-likeness (QED) is 0.0304. The zero-order valence-corrected chi connectivity index (χ0v) is 41.9. The van der Waals surface area contributed by atoms with Gasteiger partial charge >= 0.3 is 11.9 Å². The minimum absolute atomic E-state index is 0.0130. The molecule has 0 aliphatic carbocycles. The maximum Gasteiger partial charge on any atom is 0.303 e. The van der Waals surface area contributed by atoms with Crippen molar-refractivity contribution in [1.29, 1.82) is 0 Å². The number of benzene rings is 2. The summed E-state index contributed by atoms with van der Waals surface area (Å²) >= 11 is 0. The number of carbonyl (C=O) groups is 6. The van der Waals surface area contributed by atoms with Gasteiger partial charge in [0.2, 0.25) is 23.6 Å². The summed E-state index contributed by atoms with van der Waals surface area (Å²) in [6.07, 6.45) is 14.9. The number of allylic oxidation sites excluding steroid dienone is 8. The van der Waals surface area contributed by atoms with Crippen LogP contribution in [0.25, 0.3) is 0 Å². The number of carboxylic acid groups (broad SMARTS) is 2. The average Bonchev–Trinajstić information content (AvgIpc) is 3.65. The summed E-state index contributed by atoms with van der Waals surface area (Å²) in [4.78, 5) is 78.4. The lowest BCUT2D eigenvalue weighted by atomic mass is 9.81. The van der Waals surface area contributed by atoms with Gasteiger partial charge in [0.25, 0.3) is 20.2 Å². The van der Waals surface area contributed by atoms with Crippen LogP contribution in [0.2, 0.25) is 0 Å². The van der Waals surface area contributed by atoms with E-state index in [1.165, 1.54) is 24.3 Å². The number of rotatable bonds is 28. The van der Waals surface area contributed by atoms with Crippen molar-refractivity contribution in [2.75, 3.05) is 18.0 Å². The Bertz CT molecular complexity index is 2720. The van der Waals surface area contributed by atoms with Gasteiger partial charge < -0.3 is 36.8 Å². The Labute approximate surface area is 414 Å². The van der Waals surface area contributed by atoms with Gasteiger partial charge in [-0.15, -0.1) is 0 Å². The summed E-state index contributed by atoms with van der Waals surface area (Å²) in [7, 11) is -8.84. The van der Waals surface area contributed by atoms with E-state index >= 15 is 0 Å². The standard InChI is InChI=1S/C49H64N6O14S2/c1-48(2)34-30-32(70(64,65)66)22-24-36(34)52-40(48)17-9-6-5-7-10-18-41-49(3,4)35-31-33(71(67,68)69)23-26-39(35)55(41)29-14-8-11-19-42(56)51-28-13-12-16-37(46(50)62)54-47(63)38(25-27-45(60)61)53-43(57)20-15-21-44(58)59/h5-7,9-10,17-18,22-24,26,30-31,37-38H,8,11-16,19-21,25,27-29H2,1-4H3,(H2,50,62)(H,51,56)(H,53,57)(H,54,63)(H,58,59)(H,60,61)(H,64,65,66)(H,67,68,69)/b6-5+,10-7+,17-9+,41-18+/t37-,38-/m1/s1. The number of nitrogens with two attached hydrogens (primary N) is 1. The molecule has 71 heavy (non-hydrogen) atoms. The van der Waals surface area contributed by atoms with Crippen molar-refractivity contribution < 1.29 is 64.9 Å². The number of hydrogen-bond donors (Lipinski definition) is 8. The second-order valence-corrected chi connectivity index (χ2v) is 21.2. The summed E-state index contributed by atoms with van der Waals surface area (Å²) in [6.45, 7) is 8.59. The van der Waals surface area contributed by atoms with Crippen molar-refractivity contribution in [1.82, 2.24) is 16.0 Å². The van der Waals surface area contributed by atoms with E-state index in [0.717, 1.165) is 16.9 Å². The molecule has 20 nitrogen and oxygen atoms in total. The van der Waals surface area contributed by atoms with Crippen LogP contribution in [0.5, 0.6) is 0 Å². The molecule has 2 atom stereocenters. The normalized spacial score (nSPS) is 16.5. The zero-order valence-electron chi connectivity index (χ0n) is 40.2. The van der Waals surface area contributed by atoms with Crippen LogP contribution in [0.4, 0.5) is 11.4 Å². The van der Waals surface area contributed by atoms with Gasteiger partial charge in [-0.05, 0) is 105 Å². The molecule has 0 fully saturated rings. The van der Waals surface area contributed by atoms with E-state index in [9.17, 15) is 54.7 Å². The molecule has 0 spiro atoms. The van der Waals surface area contributed by atoms with Crippen molar-refractivity contribution in [2.24, 2.45) is 10.7 Å². The third kappa shape index (κ3) is 16.5. The van der Waals surface area contributed by atoms with Crippen LogP contribution >= 0.6 is 0 Å². The van der Waals surface area contributed by atoms with E-state index in [0.29, 0.717) is 55.6 Å². The van der Waals surface area contributed by atoms with Crippen LogP contribution in [0, 0.1) is 0 Å². The highest BCUT2D eigenvalue weighted by atomic mass is 32.2. The molecule has 0 saturated carbocycles. The highest BCUT2D eigenvalue weighted by molar-refractivity contribution is 7.86. The summed E-state index contributed by atoms with van der Waals surface area (Å²) < 4.78 is 67.0. The average molecular weight is 1030 g/mol. The van der Waals surface area contributed by atoms with Gasteiger partial charge in [0.15, 0.2) is 0 Å². The molecule has 2 heterocycles. The van der Waals surface area contributed by atoms with Gasteiger partial charge in [-0.2, -0.15) is 16.8 Å². The highest BCUT2D eigenvalue weighted by Crippen LogP contribution is 2.48. The fourth-order valence-electron chi connectivity index (χ4n) is 8.25. The van der Waals surface area contributed by atoms with Crippen LogP contribution < -0.4 is 26.6 Å². The first-order valence-electron chi connectivity index (χ1n) is 23.2. The van der Waals surface area contributed by atoms with Gasteiger partial charge in [0.05, 0.1) is 21.2 Å². The van der Waals surface area contributed by atoms with Gasteiger partial charge in [-0.25, -0.2) is 0 Å². The van der Waals surface area contributed by atoms with E-state index in [2.05, 4.69) is 25.8 Å². The van der Waals surface area contributed by atoms with Gasteiger partial charge in [-0.3, -0.25) is 42.9 Å². The van der Waals surface area contributed by atoms with Gasteiger partial charge in [-0.1, -0.05) is 64.5 Å². The lowest BCUT2D eigenvalue weighted by Gasteiger charge is -2.27. The molecule has 0 saturated heterocycles. The number of aliphatic imine (C=N–C) groups is 1. The smallest absolute Gasteiger partial charge is 0.303 e. The minimum Gasteiger partial charge on any atom is -0.481 e. The molecule has 0 aromatic heterocycles. The maximum atomic E-state index is 13.0. The Morgan fingerprint density at radius 1 is 0.676 bits per heavy atom. The predicted octanol–water partition coefficient (Wildman–Crippen LogP) is 5.32. The molecule has 0 bridgehead atoms. The molecule has 4 rings (SSSR count). The first-order chi connectivity index (χ1) is 33.2. The second-order valence-electron chi connectivity index (χ2n) is 18.3. The topological polar surface area (TPSA) is 329 Å². The van der Waals surface area contributed by atoms with E-state index in [1.807, 2.05) is 70.2 Å².